The van der Waals surface area contributed by atoms with E-state index in [1.807, 2.05) is 41.2 Å². The van der Waals surface area contributed by atoms with Gasteiger partial charge >= 0.3 is 0 Å². The molecule has 2 N–H and O–H groups in total. The first kappa shape index (κ1) is 23.4. The molecule has 8 heteroatoms. The summed E-state index contributed by atoms with van der Waals surface area (Å²) in [5.41, 5.74) is 4.64. The predicted octanol–water partition coefficient (Wildman–Crippen LogP) is 3.83. The quantitative estimate of drug-likeness (QED) is 0.386. The Morgan fingerprint density at radius 3 is 2.35 bits per heavy atom. The number of carbonyl (C=O) groups is 1. The Morgan fingerprint density at radius 2 is 1.68 bits per heavy atom. The van der Waals surface area contributed by atoms with Crippen LogP contribution in [-0.4, -0.2) is 30.7 Å². The molecule has 0 saturated carbocycles. The van der Waals surface area contributed by atoms with Gasteiger partial charge in [0.25, 0.3) is 5.91 Å². The van der Waals surface area contributed by atoms with E-state index < -0.39 is 10.0 Å². The standard InChI is InChI=1S/C26H26N4O3S/c1-2-29-34(32,33)24-14-12-22(13-15-24)26(31)27-18-23-6-3-4-7-25(23)21-10-8-20(9-11-21)19-30-17-5-16-28-30/h3-17,29H,2,18-19H2,1H3,(H,27,31). The number of aromatic nitrogens is 2. The van der Waals surface area contributed by atoms with Crippen LogP contribution in [0.5, 0.6) is 0 Å². The molecule has 4 aromatic rings. The van der Waals surface area contributed by atoms with Crippen molar-refractivity contribution in [3.8, 4) is 11.1 Å². The zero-order valence-corrected chi connectivity index (χ0v) is 19.6. The van der Waals surface area contributed by atoms with Crippen molar-refractivity contribution in [1.29, 1.82) is 0 Å². The van der Waals surface area contributed by atoms with Crippen molar-refractivity contribution in [3.63, 3.8) is 0 Å². The van der Waals surface area contributed by atoms with Gasteiger partial charge in [0.2, 0.25) is 10.0 Å². The number of sulfonamides is 1. The van der Waals surface area contributed by atoms with Crippen LogP contribution < -0.4 is 10.0 Å². The fraction of sp³-hybridized carbons (Fsp3) is 0.154. The summed E-state index contributed by atoms with van der Waals surface area (Å²) in [5.74, 6) is -0.267. The highest BCUT2D eigenvalue weighted by atomic mass is 32.2. The molecule has 1 aromatic heterocycles. The summed E-state index contributed by atoms with van der Waals surface area (Å²) in [7, 11) is -3.55. The summed E-state index contributed by atoms with van der Waals surface area (Å²) in [5, 5.41) is 7.17. The lowest BCUT2D eigenvalue weighted by Crippen LogP contribution is -2.24. The van der Waals surface area contributed by atoms with Crippen LogP contribution in [0.15, 0.2) is 96.2 Å². The summed E-state index contributed by atoms with van der Waals surface area (Å²) < 4.78 is 28.5. The van der Waals surface area contributed by atoms with Crippen molar-refractivity contribution in [2.24, 2.45) is 0 Å². The number of carbonyl (C=O) groups excluding carboxylic acids is 1. The molecule has 0 aliphatic rings. The maximum Gasteiger partial charge on any atom is 0.251 e. The van der Waals surface area contributed by atoms with Crippen molar-refractivity contribution >= 4 is 15.9 Å². The van der Waals surface area contributed by atoms with Crippen LogP contribution in [0.3, 0.4) is 0 Å². The molecule has 0 aliphatic heterocycles. The van der Waals surface area contributed by atoms with Gasteiger partial charge in [-0.05, 0) is 52.6 Å². The van der Waals surface area contributed by atoms with Gasteiger partial charge in [0.1, 0.15) is 0 Å². The van der Waals surface area contributed by atoms with Gasteiger partial charge in [-0.15, -0.1) is 0 Å². The van der Waals surface area contributed by atoms with Crippen LogP contribution in [0.2, 0.25) is 0 Å². The van der Waals surface area contributed by atoms with Gasteiger partial charge in [-0.1, -0.05) is 55.5 Å². The third-order valence-electron chi connectivity index (χ3n) is 5.39. The Morgan fingerprint density at radius 1 is 0.941 bits per heavy atom. The Kier molecular flexibility index (Phi) is 7.20. The topological polar surface area (TPSA) is 93.1 Å². The van der Waals surface area contributed by atoms with Gasteiger partial charge in [0.15, 0.2) is 0 Å². The van der Waals surface area contributed by atoms with Crippen molar-refractivity contribution in [2.45, 2.75) is 24.9 Å². The number of benzene rings is 3. The largest absolute Gasteiger partial charge is 0.348 e. The van der Waals surface area contributed by atoms with Crippen LogP contribution >= 0.6 is 0 Å². The summed E-state index contributed by atoms with van der Waals surface area (Å²) in [6, 6.07) is 24.0. The molecule has 0 aliphatic carbocycles. The second-order valence-electron chi connectivity index (χ2n) is 7.77. The highest BCUT2D eigenvalue weighted by Gasteiger charge is 2.14. The maximum atomic E-state index is 12.7. The Bertz CT molecular complexity index is 1350. The highest BCUT2D eigenvalue weighted by molar-refractivity contribution is 7.89. The van der Waals surface area contributed by atoms with E-state index in [2.05, 4.69) is 39.4 Å². The lowest BCUT2D eigenvalue weighted by atomic mass is 9.98. The number of nitrogens with one attached hydrogen (secondary N) is 2. The van der Waals surface area contributed by atoms with Crippen molar-refractivity contribution in [1.82, 2.24) is 19.8 Å². The molecule has 0 bridgehead atoms. The highest BCUT2D eigenvalue weighted by Crippen LogP contribution is 2.24. The third-order valence-corrected chi connectivity index (χ3v) is 6.95. The zero-order valence-electron chi connectivity index (χ0n) is 18.8. The van der Waals surface area contributed by atoms with E-state index in [0.29, 0.717) is 25.2 Å². The fourth-order valence-corrected chi connectivity index (χ4v) is 4.70. The molecule has 0 radical (unpaired) electrons. The number of amides is 1. The van der Waals surface area contributed by atoms with Gasteiger partial charge in [-0.2, -0.15) is 5.10 Å². The lowest BCUT2D eigenvalue weighted by molar-refractivity contribution is 0.0951. The Balaban J connectivity index is 1.44. The van der Waals surface area contributed by atoms with Crippen molar-refractivity contribution in [3.05, 3.63) is 108 Å². The maximum absolute atomic E-state index is 12.7. The van der Waals surface area contributed by atoms with E-state index in [1.54, 1.807) is 13.1 Å². The smallest absolute Gasteiger partial charge is 0.251 e. The van der Waals surface area contributed by atoms with Crippen LogP contribution in [0.1, 0.15) is 28.4 Å². The Hall–Kier alpha value is -3.75. The number of rotatable bonds is 9. The van der Waals surface area contributed by atoms with Crippen LogP contribution in [0.4, 0.5) is 0 Å². The Labute approximate surface area is 199 Å². The first-order chi connectivity index (χ1) is 16.5. The first-order valence-electron chi connectivity index (χ1n) is 11.0. The molecule has 3 aromatic carbocycles. The van der Waals surface area contributed by atoms with Gasteiger partial charge in [-0.3, -0.25) is 9.48 Å². The average molecular weight is 475 g/mol. The first-order valence-corrected chi connectivity index (χ1v) is 12.5. The molecular weight excluding hydrogens is 448 g/mol. The summed E-state index contributed by atoms with van der Waals surface area (Å²) in [6.45, 7) is 3.07. The number of hydrogen-bond acceptors (Lipinski definition) is 4. The molecule has 1 heterocycles. The van der Waals surface area contributed by atoms with E-state index in [1.165, 1.54) is 24.3 Å². The summed E-state index contributed by atoms with van der Waals surface area (Å²) >= 11 is 0. The SMILES string of the molecule is CCNS(=O)(=O)c1ccc(C(=O)NCc2ccccc2-c2ccc(Cn3cccn3)cc2)cc1. The van der Waals surface area contributed by atoms with E-state index >= 15 is 0 Å². The van der Waals surface area contributed by atoms with E-state index in [-0.39, 0.29) is 10.8 Å². The van der Waals surface area contributed by atoms with E-state index in [0.717, 1.165) is 22.3 Å². The van der Waals surface area contributed by atoms with Gasteiger partial charge < -0.3 is 5.32 Å². The molecule has 0 saturated heterocycles. The fourth-order valence-electron chi connectivity index (χ4n) is 3.66. The third kappa shape index (κ3) is 5.59. The molecule has 0 fully saturated rings. The lowest BCUT2D eigenvalue weighted by Gasteiger charge is -2.12. The molecule has 7 nitrogen and oxygen atoms in total. The van der Waals surface area contributed by atoms with Gasteiger partial charge in [-0.25, -0.2) is 13.1 Å². The molecule has 4 rings (SSSR count). The molecule has 0 unspecified atom stereocenters. The summed E-state index contributed by atoms with van der Waals surface area (Å²) in [6.07, 6.45) is 3.69. The zero-order chi connectivity index (χ0) is 24.0. The van der Waals surface area contributed by atoms with Crippen molar-refractivity contribution in [2.75, 3.05) is 6.54 Å². The predicted molar refractivity (Wildman–Crippen MR) is 132 cm³/mol. The number of hydrogen-bond donors (Lipinski definition) is 2. The molecular formula is C26H26N4O3S. The van der Waals surface area contributed by atoms with Crippen LogP contribution in [-0.2, 0) is 23.1 Å². The molecule has 34 heavy (non-hydrogen) atoms. The van der Waals surface area contributed by atoms with E-state index in [9.17, 15) is 13.2 Å². The van der Waals surface area contributed by atoms with Crippen molar-refractivity contribution < 1.29 is 13.2 Å². The molecule has 0 atom stereocenters. The minimum atomic E-state index is -3.55. The monoisotopic (exact) mass is 474 g/mol. The minimum Gasteiger partial charge on any atom is -0.348 e. The van der Waals surface area contributed by atoms with Gasteiger partial charge in [0.05, 0.1) is 11.4 Å². The molecule has 0 spiro atoms. The van der Waals surface area contributed by atoms with Crippen LogP contribution in [0, 0.1) is 0 Å². The molecule has 1 amide bonds. The average Bonchev–Trinajstić information content (AvgIpc) is 3.36. The minimum absolute atomic E-state index is 0.132. The van der Waals surface area contributed by atoms with Crippen LogP contribution in [0.25, 0.3) is 11.1 Å². The van der Waals surface area contributed by atoms with Gasteiger partial charge in [0, 0.05) is 31.0 Å². The normalized spacial score (nSPS) is 11.3. The second kappa shape index (κ2) is 10.5. The second-order valence-corrected chi connectivity index (χ2v) is 9.53. The molecule has 174 valence electrons. The van der Waals surface area contributed by atoms with E-state index in [4.69, 9.17) is 0 Å². The number of nitrogens with zero attached hydrogens (tertiary/aromatic N) is 2. The summed E-state index contributed by atoms with van der Waals surface area (Å²) in [4.78, 5) is 12.8.